The minimum atomic E-state index is -0.00257. The predicted octanol–water partition coefficient (Wildman–Crippen LogP) is 5.39. The molecule has 3 aromatic rings. The summed E-state index contributed by atoms with van der Waals surface area (Å²) in [6.45, 7) is 7.24. The summed E-state index contributed by atoms with van der Waals surface area (Å²) in [5, 5.41) is 0.967. The van der Waals surface area contributed by atoms with Crippen molar-refractivity contribution in [1.29, 1.82) is 0 Å². The highest BCUT2D eigenvalue weighted by atomic mass is 16.5. The first-order chi connectivity index (χ1) is 14.0. The zero-order chi connectivity index (χ0) is 21.0. The Morgan fingerprint density at radius 2 is 1.76 bits per heavy atom. The first kappa shape index (κ1) is 20.5. The number of benzene rings is 2. The van der Waals surface area contributed by atoms with Gasteiger partial charge in [0, 0.05) is 41.7 Å². The maximum absolute atomic E-state index is 12.5. The van der Waals surface area contributed by atoms with Gasteiger partial charge in [-0.25, -0.2) is 0 Å². The number of nitrogens with zero attached hydrogens (tertiary/aromatic N) is 1. The molecule has 5 nitrogen and oxygen atoms in total. The fourth-order valence-electron chi connectivity index (χ4n) is 3.42. The molecule has 0 radical (unpaired) electrons. The largest absolute Gasteiger partial charge is 0.497 e. The van der Waals surface area contributed by atoms with E-state index in [1.54, 1.807) is 31.5 Å². The lowest BCUT2D eigenvalue weighted by atomic mass is 9.99. The Balaban J connectivity index is 2.08. The van der Waals surface area contributed by atoms with Crippen molar-refractivity contribution >= 4 is 22.4 Å². The molecule has 0 spiro atoms. The van der Waals surface area contributed by atoms with Crippen molar-refractivity contribution < 1.29 is 18.7 Å². The van der Waals surface area contributed by atoms with E-state index in [2.05, 4.69) is 0 Å². The lowest BCUT2D eigenvalue weighted by Crippen LogP contribution is -2.28. The summed E-state index contributed by atoms with van der Waals surface area (Å²) < 4.78 is 16.6. The molecule has 0 saturated heterocycles. The number of carbonyl (C=O) groups excluding carboxylic acids is 1. The Labute approximate surface area is 171 Å². The summed E-state index contributed by atoms with van der Waals surface area (Å²) in [5.74, 6) is 1.48. The normalized spacial score (nSPS) is 11.6. The summed E-state index contributed by atoms with van der Waals surface area (Å²) in [6, 6.07) is 11.7. The van der Waals surface area contributed by atoms with Gasteiger partial charge in [0.05, 0.1) is 20.5 Å². The van der Waals surface area contributed by atoms with Crippen LogP contribution in [0.5, 0.6) is 11.5 Å². The van der Waals surface area contributed by atoms with E-state index in [1.807, 2.05) is 57.2 Å². The summed E-state index contributed by atoms with van der Waals surface area (Å²) in [4.78, 5) is 14.3. The molecule has 0 aliphatic carbocycles. The molecule has 0 N–H and O–H groups in total. The minimum absolute atomic E-state index is 0.00257. The van der Waals surface area contributed by atoms with Crippen LogP contribution in [0.25, 0.3) is 27.7 Å². The van der Waals surface area contributed by atoms with Crippen LogP contribution >= 0.6 is 0 Å². The molecule has 0 atom stereocenters. The van der Waals surface area contributed by atoms with Crippen molar-refractivity contribution in [2.75, 3.05) is 27.3 Å². The Morgan fingerprint density at radius 1 is 1.07 bits per heavy atom. The number of likely N-dealkylation sites (N-methyl/N-ethyl adjacent to an activating group) is 1. The lowest BCUT2D eigenvalue weighted by Gasteiger charge is -2.17. The van der Waals surface area contributed by atoms with Crippen LogP contribution in [0.2, 0.25) is 0 Å². The van der Waals surface area contributed by atoms with Gasteiger partial charge in [0.1, 0.15) is 17.1 Å². The molecule has 0 bridgehead atoms. The molecule has 5 heteroatoms. The number of allylic oxidation sites excluding steroid dienone is 1. The van der Waals surface area contributed by atoms with Crippen LogP contribution in [0.15, 0.2) is 53.2 Å². The molecule has 0 saturated carbocycles. The number of carbonyl (C=O) groups is 1. The van der Waals surface area contributed by atoms with Crippen molar-refractivity contribution in [1.82, 2.24) is 4.90 Å². The first-order valence-corrected chi connectivity index (χ1v) is 9.73. The topological polar surface area (TPSA) is 51.9 Å². The third kappa shape index (κ3) is 4.14. The highest BCUT2D eigenvalue weighted by Gasteiger charge is 2.16. The molecular formula is C24H27NO4. The van der Waals surface area contributed by atoms with Crippen molar-refractivity contribution in [3.8, 4) is 22.6 Å². The van der Waals surface area contributed by atoms with E-state index in [-0.39, 0.29) is 5.91 Å². The second-order valence-electron chi connectivity index (χ2n) is 6.76. The second kappa shape index (κ2) is 8.86. The number of fused-ring (bicyclic) bond motifs is 1. The van der Waals surface area contributed by atoms with Gasteiger partial charge in [-0.05, 0) is 50.1 Å². The molecule has 0 unspecified atom stereocenters. The smallest absolute Gasteiger partial charge is 0.246 e. The van der Waals surface area contributed by atoms with Gasteiger partial charge in [-0.1, -0.05) is 12.1 Å². The number of furan rings is 1. The molecule has 152 valence electrons. The van der Waals surface area contributed by atoms with Gasteiger partial charge in [0.25, 0.3) is 0 Å². The molecule has 1 heterocycles. The fourth-order valence-corrected chi connectivity index (χ4v) is 3.42. The van der Waals surface area contributed by atoms with Crippen molar-refractivity contribution in [3.05, 3.63) is 54.3 Å². The molecule has 1 aromatic heterocycles. The van der Waals surface area contributed by atoms with E-state index >= 15 is 0 Å². The summed E-state index contributed by atoms with van der Waals surface area (Å²) >= 11 is 0. The number of hydrogen-bond donors (Lipinski definition) is 0. The van der Waals surface area contributed by atoms with Gasteiger partial charge >= 0.3 is 0 Å². The molecule has 0 fully saturated rings. The van der Waals surface area contributed by atoms with Gasteiger partial charge < -0.3 is 18.8 Å². The van der Waals surface area contributed by atoms with Gasteiger partial charge in [0.2, 0.25) is 5.91 Å². The van der Waals surface area contributed by atoms with Crippen LogP contribution < -0.4 is 9.47 Å². The Hall–Kier alpha value is -3.21. The number of hydrogen-bond acceptors (Lipinski definition) is 4. The van der Waals surface area contributed by atoms with E-state index in [0.29, 0.717) is 18.8 Å². The highest BCUT2D eigenvalue weighted by Crippen LogP contribution is 2.37. The molecular weight excluding hydrogens is 366 g/mol. The van der Waals surface area contributed by atoms with E-state index in [0.717, 1.165) is 39.0 Å². The first-order valence-electron chi connectivity index (χ1n) is 9.73. The number of methoxy groups -OCH3 is 2. The van der Waals surface area contributed by atoms with E-state index in [1.165, 1.54) is 0 Å². The maximum Gasteiger partial charge on any atom is 0.246 e. The fraction of sp³-hybridized carbons (Fsp3) is 0.292. The van der Waals surface area contributed by atoms with Crippen molar-refractivity contribution in [3.63, 3.8) is 0 Å². The summed E-state index contributed by atoms with van der Waals surface area (Å²) in [6.07, 6.45) is 3.42. The Kier molecular flexibility index (Phi) is 6.27. The van der Waals surface area contributed by atoms with Gasteiger partial charge in [0.15, 0.2) is 0 Å². The highest BCUT2D eigenvalue weighted by molar-refractivity contribution is 6.00. The average Bonchev–Trinajstić information content (AvgIpc) is 3.16. The standard InChI is InChI=1S/C24H27NO4/c1-6-25(7-2)24(26)12-16(3)19-13-20-21(15-29-23(20)14-22(19)28-5)17-8-10-18(27-4)11-9-17/h8-15H,6-7H2,1-5H3/b16-12+. The third-order valence-electron chi connectivity index (χ3n) is 5.14. The molecule has 2 aromatic carbocycles. The molecule has 1 amide bonds. The van der Waals surface area contributed by atoms with Crippen molar-refractivity contribution in [2.45, 2.75) is 20.8 Å². The summed E-state index contributed by atoms with van der Waals surface area (Å²) in [5.41, 5.74) is 4.47. The zero-order valence-corrected chi connectivity index (χ0v) is 17.6. The minimum Gasteiger partial charge on any atom is -0.497 e. The van der Waals surface area contributed by atoms with Gasteiger partial charge in [-0.3, -0.25) is 4.79 Å². The molecule has 3 rings (SSSR count). The predicted molar refractivity (Wildman–Crippen MR) is 116 cm³/mol. The van der Waals surface area contributed by atoms with Gasteiger partial charge in [-0.15, -0.1) is 0 Å². The zero-order valence-electron chi connectivity index (χ0n) is 17.6. The van der Waals surface area contributed by atoms with Crippen LogP contribution in [0.3, 0.4) is 0 Å². The second-order valence-corrected chi connectivity index (χ2v) is 6.76. The number of amides is 1. The summed E-state index contributed by atoms with van der Waals surface area (Å²) in [7, 11) is 3.27. The van der Waals surface area contributed by atoms with Crippen LogP contribution in [-0.2, 0) is 4.79 Å². The van der Waals surface area contributed by atoms with Crippen molar-refractivity contribution in [2.24, 2.45) is 0 Å². The quantitative estimate of drug-likeness (QED) is 0.505. The monoisotopic (exact) mass is 393 g/mol. The lowest BCUT2D eigenvalue weighted by molar-refractivity contribution is -0.125. The molecule has 0 aliphatic heterocycles. The van der Waals surface area contributed by atoms with Crippen LogP contribution in [-0.4, -0.2) is 38.1 Å². The van der Waals surface area contributed by atoms with Crippen LogP contribution in [0.4, 0.5) is 0 Å². The maximum atomic E-state index is 12.5. The van der Waals surface area contributed by atoms with E-state index in [4.69, 9.17) is 13.9 Å². The molecule has 29 heavy (non-hydrogen) atoms. The van der Waals surface area contributed by atoms with E-state index < -0.39 is 0 Å². The SMILES string of the molecule is CCN(CC)C(=O)/C=C(\C)c1cc2c(-c3ccc(OC)cc3)coc2cc1OC. The Morgan fingerprint density at radius 3 is 2.34 bits per heavy atom. The average molecular weight is 393 g/mol. The third-order valence-corrected chi connectivity index (χ3v) is 5.14. The number of ether oxygens (including phenoxy) is 2. The molecule has 0 aliphatic rings. The Bertz CT molecular complexity index is 1030. The van der Waals surface area contributed by atoms with E-state index in [9.17, 15) is 4.79 Å². The van der Waals surface area contributed by atoms with Crippen LogP contribution in [0, 0.1) is 0 Å². The van der Waals surface area contributed by atoms with Crippen LogP contribution in [0.1, 0.15) is 26.3 Å². The number of rotatable bonds is 7. The van der Waals surface area contributed by atoms with Gasteiger partial charge in [-0.2, -0.15) is 0 Å².